The fourth-order valence-corrected chi connectivity index (χ4v) is 1.73. The Kier molecular flexibility index (Phi) is 5.25. The van der Waals surface area contributed by atoms with Crippen molar-refractivity contribution in [2.75, 3.05) is 13.1 Å². The summed E-state index contributed by atoms with van der Waals surface area (Å²) in [6.45, 7) is 7.83. The molecule has 1 N–H and O–H groups in total. The molecule has 0 spiro atoms. The smallest absolute Gasteiger partial charge is 0.254 e. The molecule has 0 bridgehead atoms. The topological polar surface area (TPSA) is 49.4 Å². The van der Waals surface area contributed by atoms with Gasteiger partial charge in [0, 0.05) is 17.6 Å². The van der Waals surface area contributed by atoms with E-state index < -0.39 is 5.82 Å². The van der Waals surface area contributed by atoms with Crippen LogP contribution in [-0.2, 0) is 4.79 Å². The van der Waals surface area contributed by atoms with Crippen molar-refractivity contribution in [2.24, 2.45) is 0 Å². The van der Waals surface area contributed by atoms with Crippen molar-refractivity contribution in [3.8, 4) is 0 Å². The van der Waals surface area contributed by atoms with Crippen molar-refractivity contribution >= 4 is 11.8 Å². The van der Waals surface area contributed by atoms with Gasteiger partial charge in [0.05, 0.1) is 6.54 Å². The number of halogens is 1. The maximum Gasteiger partial charge on any atom is 0.254 e. The summed E-state index contributed by atoms with van der Waals surface area (Å²) in [6, 6.07) is 5.30. The summed E-state index contributed by atoms with van der Waals surface area (Å²) in [5.41, 5.74) is 0.0342. The minimum Gasteiger partial charge on any atom is -0.350 e. The molecule has 0 heterocycles. The number of hydrogen-bond acceptors (Lipinski definition) is 2. The molecule has 0 atom stereocenters. The Morgan fingerprint density at radius 2 is 1.75 bits per heavy atom. The van der Waals surface area contributed by atoms with Crippen molar-refractivity contribution in [2.45, 2.75) is 33.2 Å². The standard InChI is InChI=1S/C15H21FN2O2/c1-5-18(10-13(19)17-15(2,3)4)14(20)11-6-8-12(16)9-7-11/h6-9H,5,10H2,1-4H3,(H,17,19). The molecule has 0 saturated carbocycles. The van der Waals surface area contributed by atoms with E-state index in [1.54, 1.807) is 6.92 Å². The fourth-order valence-electron chi connectivity index (χ4n) is 1.73. The number of nitrogens with zero attached hydrogens (tertiary/aromatic N) is 1. The van der Waals surface area contributed by atoms with Gasteiger partial charge < -0.3 is 10.2 Å². The molecule has 2 amide bonds. The average molecular weight is 280 g/mol. The Morgan fingerprint density at radius 3 is 2.20 bits per heavy atom. The third-order valence-electron chi connectivity index (χ3n) is 2.61. The molecule has 1 rings (SSSR count). The molecule has 0 unspecified atom stereocenters. The Labute approximate surface area is 119 Å². The number of likely N-dealkylation sites (N-methyl/N-ethyl adjacent to an activating group) is 1. The number of amides is 2. The molecule has 20 heavy (non-hydrogen) atoms. The quantitative estimate of drug-likeness (QED) is 0.919. The van der Waals surface area contributed by atoms with Crippen molar-refractivity contribution in [1.29, 1.82) is 0 Å². The predicted octanol–water partition coefficient (Wildman–Crippen LogP) is 2.20. The van der Waals surface area contributed by atoms with Gasteiger partial charge in [0.1, 0.15) is 5.82 Å². The molecule has 0 aliphatic rings. The van der Waals surface area contributed by atoms with E-state index in [2.05, 4.69) is 5.32 Å². The lowest BCUT2D eigenvalue weighted by atomic mass is 10.1. The van der Waals surface area contributed by atoms with E-state index in [4.69, 9.17) is 0 Å². The van der Waals surface area contributed by atoms with E-state index in [1.165, 1.54) is 29.2 Å². The van der Waals surface area contributed by atoms with Gasteiger partial charge in [0.2, 0.25) is 5.91 Å². The molecule has 4 nitrogen and oxygen atoms in total. The molecule has 0 fully saturated rings. The first kappa shape index (κ1) is 16.1. The fraction of sp³-hybridized carbons (Fsp3) is 0.467. The number of hydrogen-bond donors (Lipinski definition) is 1. The summed E-state index contributed by atoms with van der Waals surface area (Å²) in [6.07, 6.45) is 0. The van der Waals surface area contributed by atoms with E-state index in [-0.39, 0.29) is 23.9 Å². The summed E-state index contributed by atoms with van der Waals surface area (Å²) >= 11 is 0. The molecule has 5 heteroatoms. The van der Waals surface area contributed by atoms with Gasteiger partial charge in [-0.3, -0.25) is 9.59 Å². The number of nitrogens with one attached hydrogen (secondary N) is 1. The zero-order chi connectivity index (χ0) is 15.3. The first-order chi connectivity index (χ1) is 9.23. The molecular weight excluding hydrogens is 259 g/mol. The monoisotopic (exact) mass is 280 g/mol. The summed E-state index contributed by atoms with van der Waals surface area (Å²) in [4.78, 5) is 25.5. The first-order valence-corrected chi connectivity index (χ1v) is 6.59. The van der Waals surface area contributed by atoms with Gasteiger partial charge in [-0.2, -0.15) is 0 Å². The van der Waals surface area contributed by atoms with Gasteiger partial charge in [0.15, 0.2) is 0 Å². The number of carbonyl (C=O) groups is 2. The van der Waals surface area contributed by atoms with Crippen LogP contribution in [0.3, 0.4) is 0 Å². The van der Waals surface area contributed by atoms with Gasteiger partial charge in [-0.15, -0.1) is 0 Å². The van der Waals surface area contributed by atoms with Gasteiger partial charge in [-0.05, 0) is 52.0 Å². The summed E-state index contributed by atoms with van der Waals surface area (Å²) in [7, 11) is 0. The minimum atomic E-state index is -0.393. The lowest BCUT2D eigenvalue weighted by Gasteiger charge is -2.25. The summed E-state index contributed by atoms with van der Waals surface area (Å²) in [5, 5.41) is 2.81. The molecule has 1 aromatic carbocycles. The van der Waals surface area contributed by atoms with Crippen molar-refractivity contribution < 1.29 is 14.0 Å². The molecular formula is C15H21FN2O2. The van der Waals surface area contributed by atoms with Crippen molar-refractivity contribution in [3.05, 3.63) is 35.6 Å². The second kappa shape index (κ2) is 6.50. The maximum atomic E-state index is 12.8. The molecule has 0 aliphatic carbocycles. The van der Waals surface area contributed by atoms with Crippen LogP contribution in [0.4, 0.5) is 4.39 Å². The van der Waals surface area contributed by atoms with Crippen LogP contribution in [-0.4, -0.2) is 35.3 Å². The molecule has 0 radical (unpaired) electrons. The second-order valence-corrected chi connectivity index (χ2v) is 5.62. The average Bonchev–Trinajstić information content (AvgIpc) is 2.34. The molecule has 0 saturated heterocycles. The van der Waals surface area contributed by atoms with E-state index >= 15 is 0 Å². The summed E-state index contributed by atoms with van der Waals surface area (Å²) in [5.74, 6) is -0.888. The number of carbonyl (C=O) groups excluding carboxylic acids is 2. The number of benzene rings is 1. The van der Waals surface area contributed by atoms with Crippen molar-refractivity contribution in [1.82, 2.24) is 10.2 Å². The van der Waals surface area contributed by atoms with E-state index in [0.29, 0.717) is 12.1 Å². The Morgan fingerprint density at radius 1 is 1.20 bits per heavy atom. The Bertz CT molecular complexity index is 478. The van der Waals surface area contributed by atoms with Crippen LogP contribution in [0.2, 0.25) is 0 Å². The minimum absolute atomic E-state index is 0.00994. The summed E-state index contributed by atoms with van der Waals surface area (Å²) < 4.78 is 12.8. The van der Waals surface area contributed by atoms with Crippen LogP contribution in [0, 0.1) is 5.82 Å². The third-order valence-corrected chi connectivity index (χ3v) is 2.61. The normalized spacial score (nSPS) is 11.1. The van der Waals surface area contributed by atoms with Gasteiger partial charge in [-0.1, -0.05) is 0 Å². The highest BCUT2D eigenvalue weighted by atomic mass is 19.1. The predicted molar refractivity (Wildman–Crippen MR) is 75.9 cm³/mol. The van der Waals surface area contributed by atoms with Gasteiger partial charge >= 0.3 is 0 Å². The second-order valence-electron chi connectivity index (χ2n) is 5.62. The largest absolute Gasteiger partial charge is 0.350 e. The van der Waals surface area contributed by atoms with E-state index in [0.717, 1.165) is 0 Å². The van der Waals surface area contributed by atoms with Crippen LogP contribution >= 0.6 is 0 Å². The highest BCUT2D eigenvalue weighted by Crippen LogP contribution is 2.07. The zero-order valence-corrected chi connectivity index (χ0v) is 12.4. The number of rotatable bonds is 4. The highest BCUT2D eigenvalue weighted by molar-refractivity contribution is 5.96. The van der Waals surface area contributed by atoms with Gasteiger partial charge in [0.25, 0.3) is 5.91 Å². The van der Waals surface area contributed by atoms with Crippen LogP contribution in [0.15, 0.2) is 24.3 Å². The molecule has 1 aromatic rings. The Balaban J connectivity index is 2.73. The molecule has 110 valence electrons. The van der Waals surface area contributed by atoms with E-state index in [1.807, 2.05) is 20.8 Å². The SMILES string of the molecule is CCN(CC(=O)NC(C)(C)C)C(=O)c1ccc(F)cc1. The maximum absolute atomic E-state index is 12.8. The Hall–Kier alpha value is -1.91. The van der Waals surface area contributed by atoms with Crippen molar-refractivity contribution in [3.63, 3.8) is 0 Å². The van der Waals surface area contributed by atoms with Gasteiger partial charge in [-0.25, -0.2) is 4.39 Å². The lowest BCUT2D eigenvalue weighted by molar-refractivity contribution is -0.123. The first-order valence-electron chi connectivity index (χ1n) is 6.59. The van der Waals surface area contributed by atoms with Crippen LogP contribution in [0.5, 0.6) is 0 Å². The molecule has 0 aliphatic heterocycles. The van der Waals surface area contributed by atoms with Crippen LogP contribution in [0.25, 0.3) is 0 Å². The highest BCUT2D eigenvalue weighted by Gasteiger charge is 2.20. The van der Waals surface area contributed by atoms with Crippen LogP contribution < -0.4 is 5.32 Å². The zero-order valence-electron chi connectivity index (χ0n) is 12.4. The lowest BCUT2D eigenvalue weighted by Crippen LogP contribution is -2.47. The van der Waals surface area contributed by atoms with E-state index in [9.17, 15) is 14.0 Å². The van der Waals surface area contributed by atoms with Crippen LogP contribution in [0.1, 0.15) is 38.1 Å². The third kappa shape index (κ3) is 4.99. The molecule has 0 aromatic heterocycles.